The van der Waals surface area contributed by atoms with Gasteiger partial charge >= 0.3 is 0 Å². The van der Waals surface area contributed by atoms with Crippen molar-refractivity contribution in [2.45, 2.75) is 20.3 Å². The van der Waals surface area contributed by atoms with Crippen LogP contribution in [-0.4, -0.2) is 23.5 Å². The largest absolute Gasteiger partial charge is 0.296 e. The summed E-state index contributed by atoms with van der Waals surface area (Å²) in [5.41, 5.74) is 3.25. The number of aromatic nitrogens is 2. The SMILES string of the molecule is CCc1cnnc(C)c1/C=N\C. The molecule has 0 unspecified atom stereocenters. The summed E-state index contributed by atoms with van der Waals surface area (Å²) in [6.45, 7) is 4.05. The van der Waals surface area contributed by atoms with Crippen LogP contribution in [0, 0.1) is 6.92 Å². The van der Waals surface area contributed by atoms with Crippen LogP contribution in [0.25, 0.3) is 0 Å². The first-order valence-electron chi connectivity index (χ1n) is 4.03. The third-order valence-corrected chi connectivity index (χ3v) is 1.80. The molecule has 0 aliphatic carbocycles. The maximum atomic E-state index is 3.98. The van der Waals surface area contributed by atoms with Gasteiger partial charge in [-0.15, -0.1) is 0 Å². The van der Waals surface area contributed by atoms with Gasteiger partial charge in [0.25, 0.3) is 0 Å². The van der Waals surface area contributed by atoms with Crippen LogP contribution < -0.4 is 0 Å². The number of nitrogens with zero attached hydrogens (tertiary/aromatic N) is 3. The Morgan fingerprint density at radius 3 is 2.92 bits per heavy atom. The summed E-state index contributed by atoms with van der Waals surface area (Å²) < 4.78 is 0. The molecule has 1 heterocycles. The molecule has 1 rings (SSSR count). The summed E-state index contributed by atoms with van der Waals surface area (Å²) in [6, 6.07) is 0. The smallest absolute Gasteiger partial charge is 0.0690 e. The standard InChI is InChI=1S/C9H13N3/c1-4-8-5-11-12-7(2)9(8)6-10-3/h5-6H,4H2,1-3H3/b10-6-. The number of hydrogen-bond donors (Lipinski definition) is 0. The molecule has 12 heavy (non-hydrogen) atoms. The van der Waals surface area contributed by atoms with Crippen LogP contribution in [0.3, 0.4) is 0 Å². The van der Waals surface area contributed by atoms with Crippen molar-refractivity contribution in [3.8, 4) is 0 Å². The van der Waals surface area contributed by atoms with Crippen molar-refractivity contribution in [2.75, 3.05) is 7.05 Å². The average Bonchev–Trinajstić information content (AvgIpc) is 2.09. The molecule has 0 amide bonds. The Morgan fingerprint density at radius 1 is 1.58 bits per heavy atom. The van der Waals surface area contributed by atoms with Crippen LogP contribution in [0.5, 0.6) is 0 Å². The Labute approximate surface area is 72.6 Å². The molecule has 0 aliphatic rings. The Hall–Kier alpha value is -1.25. The second-order valence-electron chi connectivity index (χ2n) is 2.61. The van der Waals surface area contributed by atoms with Gasteiger partial charge in [0, 0.05) is 18.8 Å². The van der Waals surface area contributed by atoms with Crippen molar-refractivity contribution in [1.29, 1.82) is 0 Å². The first kappa shape index (κ1) is 8.84. The van der Waals surface area contributed by atoms with Crippen molar-refractivity contribution in [2.24, 2.45) is 4.99 Å². The van der Waals surface area contributed by atoms with Crippen molar-refractivity contribution in [1.82, 2.24) is 10.2 Å². The zero-order chi connectivity index (χ0) is 8.97. The van der Waals surface area contributed by atoms with E-state index in [-0.39, 0.29) is 0 Å². The molecule has 0 aromatic carbocycles. The van der Waals surface area contributed by atoms with Gasteiger partial charge in [-0.2, -0.15) is 10.2 Å². The third kappa shape index (κ3) is 1.67. The molecule has 0 radical (unpaired) electrons. The Balaban J connectivity index is 3.19. The van der Waals surface area contributed by atoms with Crippen LogP contribution in [0.2, 0.25) is 0 Å². The number of hydrogen-bond acceptors (Lipinski definition) is 3. The molecule has 0 bridgehead atoms. The molecular weight excluding hydrogens is 150 g/mol. The highest BCUT2D eigenvalue weighted by Gasteiger charge is 2.02. The van der Waals surface area contributed by atoms with Crippen LogP contribution in [-0.2, 0) is 6.42 Å². The van der Waals surface area contributed by atoms with Crippen molar-refractivity contribution >= 4 is 6.21 Å². The summed E-state index contributed by atoms with van der Waals surface area (Å²) in [5, 5.41) is 7.85. The lowest BCUT2D eigenvalue weighted by Gasteiger charge is -2.02. The third-order valence-electron chi connectivity index (χ3n) is 1.80. The van der Waals surface area contributed by atoms with Gasteiger partial charge in [0.2, 0.25) is 0 Å². The van der Waals surface area contributed by atoms with E-state index in [9.17, 15) is 0 Å². The predicted octanol–water partition coefficient (Wildman–Crippen LogP) is 1.40. The molecule has 0 saturated carbocycles. The van der Waals surface area contributed by atoms with Gasteiger partial charge in [-0.05, 0) is 18.9 Å². The van der Waals surface area contributed by atoms with E-state index < -0.39 is 0 Å². The van der Waals surface area contributed by atoms with Gasteiger partial charge in [-0.3, -0.25) is 4.99 Å². The molecule has 64 valence electrons. The van der Waals surface area contributed by atoms with Crippen LogP contribution in [0.15, 0.2) is 11.2 Å². The molecule has 0 saturated heterocycles. The van der Waals surface area contributed by atoms with E-state index in [0.29, 0.717) is 0 Å². The second kappa shape index (κ2) is 3.95. The summed E-state index contributed by atoms with van der Waals surface area (Å²) >= 11 is 0. The average molecular weight is 163 g/mol. The van der Waals surface area contributed by atoms with E-state index in [4.69, 9.17) is 0 Å². The summed E-state index contributed by atoms with van der Waals surface area (Å²) in [6.07, 6.45) is 4.60. The second-order valence-corrected chi connectivity index (χ2v) is 2.61. The lowest BCUT2D eigenvalue weighted by molar-refractivity contribution is 0.938. The van der Waals surface area contributed by atoms with Gasteiger partial charge in [-0.25, -0.2) is 0 Å². The molecule has 1 aromatic heterocycles. The fourth-order valence-electron chi connectivity index (χ4n) is 1.13. The fraction of sp³-hybridized carbons (Fsp3) is 0.444. The number of rotatable bonds is 2. The molecule has 0 N–H and O–H groups in total. The molecule has 3 heteroatoms. The van der Waals surface area contributed by atoms with E-state index in [1.807, 2.05) is 13.1 Å². The number of aliphatic imine (C=N–C) groups is 1. The topological polar surface area (TPSA) is 38.1 Å². The predicted molar refractivity (Wildman–Crippen MR) is 49.7 cm³/mol. The van der Waals surface area contributed by atoms with Gasteiger partial charge < -0.3 is 0 Å². The molecule has 1 aromatic rings. The van der Waals surface area contributed by atoms with Gasteiger partial charge in [0.15, 0.2) is 0 Å². The van der Waals surface area contributed by atoms with Crippen LogP contribution in [0.4, 0.5) is 0 Å². The van der Waals surface area contributed by atoms with Gasteiger partial charge in [0.1, 0.15) is 0 Å². The van der Waals surface area contributed by atoms with Crippen LogP contribution in [0.1, 0.15) is 23.7 Å². The maximum absolute atomic E-state index is 3.98. The summed E-state index contributed by atoms with van der Waals surface area (Å²) in [5.74, 6) is 0. The first-order chi connectivity index (χ1) is 5.79. The van der Waals surface area contributed by atoms with E-state index in [1.165, 1.54) is 5.56 Å². The Morgan fingerprint density at radius 2 is 2.33 bits per heavy atom. The minimum absolute atomic E-state index is 0.944. The lowest BCUT2D eigenvalue weighted by atomic mass is 10.1. The zero-order valence-corrected chi connectivity index (χ0v) is 7.70. The zero-order valence-electron chi connectivity index (χ0n) is 7.70. The Bertz CT molecular complexity index is 292. The van der Waals surface area contributed by atoms with Crippen molar-refractivity contribution < 1.29 is 0 Å². The molecule has 3 nitrogen and oxygen atoms in total. The minimum Gasteiger partial charge on any atom is -0.296 e. The molecule has 0 aliphatic heterocycles. The molecule has 0 spiro atoms. The van der Waals surface area contributed by atoms with E-state index in [2.05, 4.69) is 22.1 Å². The quantitative estimate of drug-likeness (QED) is 0.618. The lowest BCUT2D eigenvalue weighted by Crippen LogP contribution is -1.99. The monoisotopic (exact) mass is 163 g/mol. The highest BCUT2D eigenvalue weighted by atomic mass is 15.1. The highest BCUT2D eigenvalue weighted by molar-refractivity contribution is 5.82. The van der Waals surface area contributed by atoms with Gasteiger partial charge in [-0.1, -0.05) is 6.92 Å². The highest BCUT2D eigenvalue weighted by Crippen LogP contribution is 2.07. The summed E-state index contributed by atoms with van der Waals surface area (Å²) in [7, 11) is 1.76. The van der Waals surface area contributed by atoms with E-state index >= 15 is 0 Å². The van der Waals surface area contributed by atoms with Crippen molar-refractivity contribution in [3.63, 3.8) is 0 Å². The van der Waals surface area contributed by atoms with Crippen LogP contribution >= 0.6 is 0 Å². The van der Waals surface area contributed by atoms with Gasteiger partial charge in [0.05, 0.1) is 11.9 Å². The minimum atomic E-state index is 0.944. The number of aryl methyl sites for hydroxylation is 2. The summed E-state index contributed by atoms with van der Waals surface area (Å²) in [4.78, 5) is 3.98. The van der Waals surface area contributed by atoms with E-state index in [1.54, 1.807) is 13.2 Å². The van der Waals surface area contributed by atoms with Crippen molar-refractivity contribution in [3.05, 3.63) is 23.0 Å². The van der Waals surface area contributed by atoms with E-state index in [0.717, 1.165) is 17.7 Å². The molecular formula is C9H13N3. The first-order valence-corrected chi connectivity index (χ1v) is 4.03. The molecule has 0 atom stereocenters. The fourth-order valence-corrected chi connectivity index (χ4v) is 1.13. The normalized spacial score (nSPS) is 10.9. The maximum Gasteiger partial charge on any atom is 0.0690 e. The molecule has 0 fully saturated rings. The Kier molecular flexibility index (Phi) is 2.91.